The maximum atomic E-state index is 12.0. The summed E-state index contributed by atoms with van der Waals surface area (Å²) >= 11 is 5.91. The Kier molecular flexibility index (Phi) is 6.00. The molecular formula is C17H18ClN3O2. The van der Waals surface area contributed by atoms with E-state index in [1.165, 1.54) is 0 Å². The molecule has 0 spiro atoms. The fraction of sp³-hybridized carbons (Fsp3) is 0.176. The van der Waals surface area contributed by atoms with Gasteiger partial charge in [0.2, 0.25) is 0 Å². The summed E-state index contributed by atoms with van der Waals surface area (Å²) in [5.41, 5.74) is 4.05. The summed E-state index contributed by atoms with van der Waals surface area (Å²) in [6.07, 6.45) is 1.54. The lowest BCUT2D eigenvalue weighted by Gasteiger charge is -2.13. The number of halogens is 1. The summed E-state index contributed by atoms with van der Waals surface area (Å²) in [6, 6.07) is 14.1. The highest BCUT2D eigenvalue weighted by molar-refractivity contribution is 6.30. The van der Waals surface area contributed by atoms with Crippen molar-refractivity contribution in [3.63, 3.8) is 0 Å². The number of carbonyl (C=O) groups is 1. The lowest BCUT2D eigenvalue weighted by atomic mass is 10.2. The van der Waals surface area contributed by atoms with Crippen LogP contribution in [0.5, 0.6) is 5.75 Å². The Morgan fingerprint density at radius 1 is 1.26 bits per heavy atom. The standard InChI is InChI=1S/C17H18ClN3O2/c1-12(20-15-8-5-7-14(18)10-15)17(22)21-19-11-13-6-3-4-9-16(13)23-2/h3-12,20H,1-2H3,(H,21,22)/b19-11-/t12-/m1/s1. The van der Waals surface area contributed by atoms with Gasteiger partial charge in [-0.15, -0.1) is 0 Å². The number of rotatable bonds is 6. The molecule has 2 rings (SSSR count). The van der Waals surface area contributed by atoms with Gasteiger partial charge >= 0.3 is 0 Å². The van der Waals surface area contributed by atoms with Gasteiger partial charge in [0.1, 0.15) is 11.8 Å². The van der Waals surface area contributed by atoms with Crippen molar-refractivity contribution >= 4 is 29.4 Å². The minimum Gasteiger partial charge on any atom is -0.496 e. The zero-order valence-electron chi connectivity index (χ0n) is 12.9. The minimum absolute atomic E-state index is 0.254. The van der Waals surface area contributed by atoms with E-state index in [1.54, 1.807) is 32.4 Å². The van der Waals surface area contributed by atoms with Gasteiger partial charge < -0.3 is 10.1 Å². The van der Waals surface area contributed by atoms with Crippen LogP contribution in [-0.2, 0) is 4.79 Å². The summed E-state index contributed by atoms with van der Waals surface area (Å²) < 4.78 is 5.21. The average Bonchev–Trinajstić information content (AvgIpc) is 2.55. The molecule has 2 aromatic rings. The number of para-hydroxylation sites is 1. The Morgan fingerprint density at radius 2 is 2.04 bits per heavy atom. The fourth-order valence-corrected chi connectivity index (χ4v) is 2.12. The molecule has 1 atom stereocenters. The van der Waals surface area contributed by atoms with Crippen molar-refractivity contribution in [1.29, 1.82) is 0 Å². The number of hydrazone groups is 1. The van der Waals surface area contributed by atoms with Crippen LogP contribution in [-0.4, -0.2) is 25.3 Å². The van der Waals surface area contributed by atoms with Crippen LogP contribution in [0, 0.1) is 0 Å². The maximum Gasteiger partial charge on any atom is 0.262 e. The smallest absolute Gasteiger partial charge is 0.262 e. The second kappa shape index (κ2) is 8.19. The lowest BCUT2D eigenvalue weighted by Crippen LogP contribution is -2.34. The van der Waals surface area contributed by atoms with Crippen molar-refractivity contribution in [1.82, 2.24) is 5.43 Å². The Hall–Kier alpha value is -2.53. The molecule has 1 amide bonds. The molecule has 6 heteroatoms. The molecular weight excluding hydrogens is 314 g/mol. The van der Waals surface area contributed by atoms with Crippen LogP contribution in [0.3, 0.4) is 0 Å². The van der Waals surface area contributed by atoms with Crippen LogP contribution in [0.25, 0.3) is 0 Å². The van der Waals surface area contributed by atoms with Gasteiger partial charge in [0.15, 0.2) is 0 Å². The third-order valence-electron chi connectivity index (χ3n) is 3.12. The quantitative estimate of drug-likeness (QED) is 0.630. The van der Waals surface area contributed by atoms with Crippen molar-refractivity contribution in [3.05, 3.63) is 59.1 Å². The van der Waals surface area contributed by atoms with Crippen LogP contribution < -0.4 is 15.5 Å². The summed E-state index contributed by atoms with van der Waals surface area (Å²) in [7, 11) is 1.59. The van der Waals surface area contributed by atoms with E-state index in [2.05, 4.69) is 15.8 Å². The molecule has 0 aliphatic rings. The molecule has 120 valence electrons. The van der Waals surface area contributed by atoms with Crippen molar-refractivity contribution in [3.8, 4) is 5.75 Å². The van der Waals surface area contributed by atoms with Crippen molar-refractivity contribution < 1.29 is 9.53 Å². The highest BCUT2D eigenvalue weighted by Crippen LogP contribution is 2.16. The van der Waals surface area contributed by atoms with Gasteiger partial charge in [-0.1, -0.05) is 29.8 Å². The number of hydrogen-bond donors (Lipinski definition) is 2. The molecule has 5 nitrogen and oxygen atoms in total. The van der Waals surface area contributed by atoms with Crippen LogP contribution in [0.4, 0.5) is 5.69 Å². The molecule has 0 radical (unpaired) electrons. The number of benzene rings is 2. The summed E-state index contributed by atoms with van der Waals surface area (Å²) in [6.45, 7) is 1.74. The molecule has 0 saturated heterocycles. The first-order chi connectivity index (χ1) is 11.1. The molecule has 0 heterocycles. The van der Waals surface area contributed by atoms with E-state index in [-0.39, 0.29) is 5.91 Å². The molecule has 0 fully saturated rings. The topological polar surface area (TPSA) is 62.7 Å². The molecule has 2 aromatic carbocycles. The van der Waals surface area contributed by atoms with Gasteiger partial charge in [-0.25, -0.2) is 5.43 Å². The molecule has 0 aliphatic heterocycles. The zero-order valence-corrected chi connectivity index (χ0v) is 13.7. The van der Waals surface area contributed by atoms with Crippen molar-refractivity contribution in [2.45, 2.75) is 13.0 Å². The van der Waals surface area contributed by atoms with E-state index in [9.17, 15) is 4.79 Å². The molecule has 0 unspecified atom stereocenters. The lowest BCUT2D eigenvalue weighted by molar-refractivity contribution is -0.121. The van der Waals surface area contributed by atoms with E-state index >= 15 is 0 Å². The fourth-order valence-electron chi connectivity index (χ4n) is 1.93. The number of ether oxygens (including phenoxy) is 1. The predicted octanol–water partition coefficient (Wildman–Crippen LogP) is 3.30. The predicted molar refractivity (Wildman–Crippen MR) is 93.3 cm³/mol. The van der Waals surface area contributed by atoms with Crippen LogP contribution in [0.1, 0.15) is 12.5 Å². The summed E-state index contributed by atoms with van der Waals surface area (Å²) in [5, 5.41) is 7.63. The molecule has 0 aromatic heterocycles. The van der Waals surface area contributed by atoms with Gasteiger partial charge in [0, 0.05) is 16.3 Å². The number of nitrogens with zero attached hydrogens (tertiary/aromatic N) is 1. The normalized spacial score (nSPS) is 12.0. The number of anilines is 1. The van der Waals surface area contributed by atoms with E-state index in [0.717, 1.165) is 11.3 Å². The van der Waals surface area contributed by atoms with E-state index < -0.39 is 6.04 Å². The highest BCUT2D eigenvalue weighted by atomic mass is 35.5. The number of nitrogens with one attached hydrogen (secondary N) is 2. The van der Waals surface area contributed by atoms with Crippen LogP contribution in [0.2, 0.25) is 5.02 Å². The van der Waals surface area contributed by atoms with Gasteiger partial charge in [0.25, 0.3) is 5.91 Å². The van der Waals surface area contributed by atoms with Gasteiger partial charge in [-0.3, -0.25) is 4.79 Å². The Balaban J connectivity index is 1.92. The third kappa shape index (κ3) is 5.00. The SMILES string of the molecule is COc1ccccc1/C=N\NC(=O)[C@@H](C)Nc1cccc(Cl)c1. The number of hydrogen-bond acceptors (Lipinski definition) is 4. The first kappa shape index (κ1) is 16.8. The van der Waals surface area contributed by atoms with Gasteiger partial charge in [-0.2, -0.15) is 5.10 Å². The van der Waals surface area contributed by atoms with Gasteiger partial charge in [0.05, 0.1) is 13.3 Å². The van der Waals surface area contributed by atoms with E-state index in [1.807, 2.05) is 36.4 Å². The first-order valence-electron chi connectivity index (χ1n) is 7.08. The summed E-state index contributed by atoms with van der Waals surface area (Å²) in [4.78, 5) is 12.0. The molecule has 0 bridgehead atoms. The van der Waals surface area contributed by atoms with Gasteiger partial charge in [-0.05, 0) is 37.3 Å². The molecule has 2 N–H and O–H groups in total. The molecule has 0 aliphatic carbocycles. The van der Waals surface area contributed by atoms with Crippen molar-refractivity contribution in [2.75, 3.05) is 12.4 Å². The second-order valence-corrected chi connectivity index (χ2v) is 5.29. The number of carbonyl (C=O) groups excluding carboxylic acids is 1. The van der Waals surface area contributed by atoms with Crippen LogP contribution >= 0.6 is 11.6 Å². The minimum atomic E-state index is -0.455. The molecule has 0 saturated carbocycles. The highest BCUT2D eigenvalue weighted by Gasteiger charge is 2.11. The van der Waals surface area contributed by atoms with E-state index in [4.69, 9.17) is 16.3 Å². The second-order valence-electron chi connectivity index (χ2n) is 4.85. The third-order valence-corrected chi connectivity index (χ3v) is 3.35. The zero-order chi connectivity index (χ0) is 16.7. The molecule has 23 heavy (non-hydrogen) atoms. The largest absolute Gasteiger partial charge is 0.496 e. The summed E-state index contributed by atoms with van der Waals surface area (Å²) in [5.74, 6) is 0.437. The number of amides is 1. The monoisotopic (exact) mass is 331 g/mol. The number of methoxy groups -OCH3 is 1. The Bertz CT molecular complexity index is 704. The first-order valence-corrected chi connectivity index (χ1v) is 7.46. The maximum absolute atomic E-state index is 12.0. The van der Waals surface area contributed by atoms with Crippen LogP contribution in [0.15, 0.2) is 53.6 Å². The average molecular weight is 332 g/mol. The van der Waals surface area contributed by atoms with E-state index in [0.29, 0.717) is 10.8 Å². The Labute approximate surface area is 140 Å². The van der Waals surface area contributed by atoms with Crippen molar-refractivity contribution in [2.24, 2.45) is 5.10 Å². The Morgan fingerprint density at radius 3 is 2.78 bits per heavy atom.